The summed E-state index contributed by atoms with van der Waals surface area (Å²) in [5.74, 6) is 0.642. The fourth-order valence-electron chi connectivity index (χ4n) is 2.31. The summed E-state index contributed by atoms with van der Waals surface area (Å²) in [6.45, 7) is 1.94. The Hall–Kier alpha value is -0.550. The van der Waals surface area contributed by atoms with E-state index in [1.165, 1.54) is 4.90 Å². The minimum Gasteiger partial charge on any atom is -0.381 e. The smallest absolute Gasteiger partial charge is 0.229 e. The summed E-state index contributed by atoms with van der Waals surface area (Å²) in [6.07, 6.45) is 2.51. The van der Waals surface area contributed by atoms with Crippen molar-refractivity contribution < 1.29 is 14.3 Å². The van der Waals surface area contributed by atoms with Gasteiger partial charge in [-0.15, -0.1) is 0 Å². The third kappa shape index (κ3) is 2.25. The molecule has 2 saturated heterocycles. The Balaban J connectivity index is 2.05. The molecule has 0 N–H and O–H groups in total. The van der Waals surface area contributed by atoms with Crippen LogP contribution in [0.15, 0.2) is 0 Å². The second-order valence-corrected chi connectivity index (χ2v) is 4.96. The van der Waals surface area contributed by atoms with Gasteiger partial charge in [-0.2, -0.15) is 12.6 Å². The fourth-order valence-corrected chi connectivity index (χ4v) is 2.72. The summed E-state index contributed by atoms with van der Waals surface area (Å²) in [5.41, 5.74) is -0.0307. The van der Waals surface area contributed by atoms with Crippen molar-refractivity contribution in [1.82, 2.24) is 4.90 Å². The Bertz CT molecular complexity index is 284. The molecule has 2 rings (SSSR count). The largest absolute Gasteiger partial charge is 0.381 e. The number of carbonyl (C=O) groups excluding carboxylic acids is 2. The number of amides is 2. The standard InChI is InChI=1S/C11H17NO3S/c13-9-1-2-10(14)12(9)7-11(8-16)3-5-15-6-4-11/h16H,1-8H2. The molecule has 2 amide bonds. The maximum atomic E-state index is 11.6. The second-order valence-electron chi connectivity index (χ2n) is 4.64. The quantitative estimate of drug-likeness (QED) is 0.591. The molecule has 4 nitrogen and oxygen atoms in total. The maximum absolute atomic E-state index is 11.6. The van der Waals surface area contributed by atoms with Crippen molar-refractivity contribution >= 4 is 24.4 Å². The van der Waals surface area contributed by atoms with Crippen molar-refractivity contribution in [1.29, 1.82) is 0 Å². The van der Waals surface area contributed by atoms with Gasteiger partial charge in [-0.25, -0.2) is 0 Å². The molecule has 0 aromatic rings. The van der Waals surface area contributed by atoms with Crippen LogP contribution in [0.25, 0.3) is 0 Å². The Kier molecular flexibility index (Phi) is 3.54. The molecule has 0 aromatic carbocycles. The average molecular weight is 243 g/mol. The third-order valence-corrected chi connectivity index (χ3v) is 4.21. The van der Waals surface area contributed by atoms with Crippen molar-refractivity contribution in [2.24, 2.45) is 5.41 Å². The lowest BCUT2D eigenvalue weighted by molar-refractivity contribution is -0.141. The van der Waals surface area contributed by atoms with Crippen LogP contribution in [-0.4, -0.2) is 42.2 Å². The molecule has 2 aliphatic rings. The van der Waals surface area contributed by atoms with E-state index in [1.807, 2.05) is 0 Å². The van der Waals surface area contributed by atoms with Gasteiger partial charge in [0.05, 0.1) is 0 Å². The first-order chi connectivity index (χ1) is 7.67. The number of hydrogen-bond donors (Lipinski definition) is 1. The van der Waals surface area contributed by atoms with Crippen molar-refractivity contribution in [3.63, 3.8) is 0 Å². The van der Waals surface area contributed by atoms with Crippen molar-refractivity contribution in [3.8, 4) is 0 Å². The normalized spacial score (nSPS) is 25.2. The van der Waals surface area contributed by atoms with Gasteiger partial charge in [-0.3, -0.25) is 14.5 Å². The molecule has 16 heavy (non-hydrogen) atoms. The molecule has 0 atom stereocenters. The van der Waals surface area contributed by atoms with E-state index in [0.717, 1.165) is 12.8 Å². The molecule has 0 saturated carbocycles. The minimum absolute atomic E-state index is 0.0300. The molecular weight excluding hydrogens is 226 g/mol. The van der Waals surface area contributed by atoms with Crippen LogP contribution >= 0.6 is 12.6 Å². The molecule has 0 unspecified atom stereocenters. The maximum Gasteiger partial charge on any atom is 0.229 e. The first-order valence-corrected chi connectivity index (χ1v) is 6.32. The highest BCUT2D eigenvalue weighted by atomic mass is 32.1. The van der Waals surface area contributed by atoms with E-state index in [9.17, 15) is 9.59 Å². The summed E-state index contributed by atoms with van der Waals surface area (Å²) < 4.78 is 5.32. The van der Waals surface area contributed by atoms with Crippen LogP contribution in [0.1, 0.15) is 25.7 Å². The van der Waals surface area contributed by atoms with Gasteiger partial charge < -0.3 is 4.74 Å². The van der Waals surface area contributed by atoms with E-state index in [1.54, 1.807) is 0 Å². The topological polar surface area (TPSA) is 46.6 Å². The van der Waals surface area contributed by atoms with Crippen LogP contribution in [0, 0.1) is 5.41 Å². The number of hydrogen-bond acceptors (Lipinski definition) is 4. The summed E-state index contributed by atoms with van der Waals surface area (Å²) in [4.78, 5) is 24.5. The Morgan fingerprint density at radius 3 is 2.25 bits per heavy atom. The molecule has 2 aliphatic heterocycles. The summed E-state index contributed by atoms with van der Waals surface area (Å²) in [5, 5.41) is 0. The molecule has 0 aliphatic carbocycles. The molecule has 0 spiro atoms. The summed E-state index contributed by atoms with van der Waals surface area (Å²) in [7, 11) is 0. The SMILES string of the molecule is O=C1CCC(=O)N1CC1(CS)CCOCC1. The second kappa shape index (κ2) is 4.75. The van der Waals surface area contributed by atoms with Crippen molar-refractivity contribution in [3.05, 3.63) is 0 Å². The summed E-state index contributed by atoms with van der Waals surface area (Å²) in [6, 6.07) is 0. The van der Waals surface area contributed by atoms with E-state index in [4.69, 9.17) is 4.74 Å². The zero-order chi connectivity index (χ0) is 11.6. The fraction of sp³-hybridized carbons (Fsp3) is 0.818. The van der Waals surface area contributed by atoms with Crippen LogP contribution in [0.3, 0.4) is 0 Å². The van der Waals surface area contributed by atoms with Crippen molar-refractivity contribution in [2.45, 2.75) is 25.7 Å². The number of nitrogens with zero attached hydrogens (tertiary/aromatic N) is 1. The van der Waals surface area contributed by atoms with Crippen molar-refractivity contribution in [2.75, 3.05) is 25.5 Å². The first kappa shape index (κ1) is 11.9. The van der Waals surface area contributed by atoms with Gasteiger partial charge in [-0.05, 0) is 18.6 Å². The third-order valence-electron chi connectivity index (χ3n) is 3.54. The molecule has 2 heterocycles. The number of carbonyl (C=O) groups is 2. The molecule has 0 aromatic heterocycles. The highest BCUT2D eigenvalue weighted by Crippen LogP contribution is 2.34. The van der Waals surface area contributed by atoms with E-state index in [0.29, 0.717) is 38.4 Å². The van der Waals surface area contributed by atoms with Crippen LogP contribution in [0.2, 0.25) is 0 Å². The van der Waals surface area contributed by atoms with Gasteiger partial charge in [0.15, 0.2) is 0 Å². The molecule has 90 valence electrons. The first-order valence-electron chi connectivity index (χ1n) is 5.69. The van der Waals surface area contributed by atoms with Gasteiger partial charge in [0.25, 0.3) is 0 Å². The molecule has 2 fully saturated rings. The monoisotopic (exact) mass is 243 g/mol. The predicted molar refractivity (Wildman–Crippen MR) is 62.3 cm³/mol. The van der Waals surface area contributed by atoms with Gasteiger partial charge in [0, 0.05) is 38.0 Å². The molecule has 0 radical (unpaired) electrons. The Labute approximate surface area is 101 Å². The summed E-state index contributed by atoms with van der Waals surface area (Å²) >= 11 is 4.38. The van der Waals surface area contributed by atoms with Gasteiger partial charge in [-0.1, -0.05) is 0 Å². The predicted octanol–water partition coefficient (Wildman–Crippen LogP) is 0.862. The molecule has 5 heteroatoms. The lowest BCUT2D eigenvalue weighted by Gasteiger charge is -2.38. The number of thiol groups is 1. The van der Waals surface area contributed by atoms with E-state index >= 15 is 0 Å². The average Bonchev–Trinajstić information content (AvgIpc) is 2.62. The lowest BCUT2D eigenvalue weighted by atomic mass is 9.81. The zero-order valence-electron chi connectivity index (χ0n) is 9.28. The Morgan fingerprint density at radius 1 is 1.19 bits per heavy atom. The highest BCUT2D eigenvalue weighted by Gasteiger charge is 2.39. The van der Waals surface area contributed by atoms with Gasteiger partial charge >= 0.3 is 0 Å². The van der Waals surface area contributed by atoms with E-state index < -0.39 is 0 Å². The van der Waals surface area contributed by atoms with E-state index in [-0.39, 0.29) is 17.2 Å². The van der Waals surface area contributed by atoms with E-state index in [2.05, 4.69) is 12.6 Å². The Morgan fingerprint density at radius 2 is 1.75 bits per heavy atom. The van der Waals surface area contributed by atoms with Gasteiger partial charge in [0.2, 0.25) is 11.8 Å². The minimum atomic E-state index is -0.0307. The molecular formula is C11H17NO3S. The number of rotatable bonds is 3. The number of ether oxygens (including phenoxy) is 1. The number of likely N-dealkylation sites (tertiary alicyclic amines) is 1. The van der Waals surface area contributed by atoms with Crippen LogP contribution < -0.4 is 0 Å². The van der Waals surface area contributed by atoms with Crippen LogP contribution in [0.5, 0.6) is 0 Å². The van der Waals surface area contributed by atoms with Gasteiger partial charge in [0.1, 0.15) is 0 Å². The van der Waals surface area contributed by atoms with Crippen LogP contribution in [0.4, 0.5) is 0 Å². The molecule has 0 bridgehead atoms. The number of imide groups is 1. The highest BCUT2D eigenvalue weighted by molar-refractivity contribution is 7.80. The van der Waals surface area contributed by atoms with Crippen LogP contribution in [-0.2, 0) is 14.3 Å². The lowest BCUT2D eigenvalue weighted by Crippen LogP contribution is -2.44. The zero-order valence-corrected chi connectivity index (χ0v) is 10.2.